The first-order valence-corrected chi connectivity index (χ1v) is 7.37. The Morgan fingerprint density at radius 2 is 1.81 bits per heavy atom. The summed E-state index contributed by atoms with van der Waals surface area (Å²) < 4.78 is 0. The van der Waals surface area contributed by atoms with Crippen LogP contribution < -0.4 is 4.90 Å². The third kappa shape index (κ3) is 2.92. The molecule has 0 saturated carbocycles. The Labute approximate surface area is 124 Å². The maximum atomic E-state index is 11.3. The number of nitrogens with zero attached hydrogens (tertiary/aromatic N) is 1. The van der Waals surface area contributed by atoms with Crippen LogP contribution in [0, 0.1) is 0 Å². The van der Waals surface area contributed by atoms with E-state index >= 15 is 0 Å². The summed E-state index contributed by atoms with van der Waals surface area (Å²) in [5.41, 5.74) is 3.56. The number of hydrogen-bond acceptors (Lipinski definition) is 2. The van der Waals surface area contributed by atoms with Crippen molar-refractivity contribution in [2.24, 2.45) is 0 Å². The van der Waals surface area contributed by atoms with Gasteiger partial charge in [-0.1, -0.05) is 48.5 Å². The first kappa shape index (κ1) is 13.7. The van der Waals surface area contributed by atoms with Gasteiger partial charge >= 0.3 is 5.97 Å². The molecule has 0 saturated heterocycles. The molecule has 21 heavy (non-hydrogen) atoms. The number of aryl methyl sites for hydroxylation is 1. The molecule has 1 unspecified atom stereocenters. The van der Waals surface area contributed by atoms with Crippen molar-refractivity contribution < 1.29 is 9.90 Å². The number of para-hydroxylation sites is 1. The zero-order chi connectivity index (χ0) is 14.7. The Kier molecular flexibility index (Phi) is 3.91. The summed E-state index contributed by atoms with van der Waals surface area (Å²) in [5, 5.41) is 9.30. The maximum absolute atomic E-state index is 11.3. The zero-order valence-electron chi connectivity index (χ0n) is 11.9. The standard InChI is InChI=1S/C18H19NO2/c20-18(21)13-17(15-7-2-1-3-8-15)19-12-6-10-14-9-4-5-11-16(14)19/h1-5,7-9,11,17H,6,10,12-13H2,(H,20,21). The van der Waals surface area contributed by atoms with Crippen LogP contribution >= 0.6 is 0 Å². The smallest absolute Gasteiger partial charge is 0.305 e. The maximum Gasteiger partial charge on any atom is 0.305 e. The quantitative estimate of drug-likeness (QED) is 0.930. The average Bonchev–Trinajstić information content (AvgIpc) is 2.53. The number of fused-ring (bicyclic) bond motifs is 1. The lowest BCUT2D eigenvalue weighted by Gasteiger charge is -2.37. The van der Waals surface area contributed by atoms with E-state index in [2.05, 4.69) is 23.1 Å². The minimum Gasteiger partial charge on any atom is -0.481 e. The van der Waals surface area contributed by atoms with E-state index in [1.807, 2.05) is 36.4 Å². The number of anilines is 1. The minimum atomic E-state index is -0.757. The van der Waals surface area contributed by atoms with Crippen molar-refractivity contribution in [2.75, 3.05) is 11.4 Å². The first-order chi connectivity index (χ1) is 10.3. The monoisotopic (exact) mass is 281 g/mol. The van der Waals surface area contributed by atoms with Gasteiger partial charge in [-0.2, -0.15) is 0 Å². The van der Waals surface area contributed by atoms with Gasteiger partial charge in [-0.05, 0) is 30.0 Å². The second kappa shape index (κ2) is 6.00. The third-order valence-corrected chi connectivity index (χ3v) is 4.07. The molecule has 0 amide bonds. The second-order valence-corrected chi connectivity index (χ2v) is 5.45. The van der Waals surface area contributed by atoms with Crippen LogP contribution in [0.25, 0.3) is 0 Å². The fourth-order valence-electron chi connectivity index (χ4n) is 3.14. The highest BCUT2D eigenvalue weighted by Gasteiger charge is 2.26. The molecule has 0 aromatic heterocycles. The van der Waals surface area contributed by atoms with Crippen LogP contribution in [0.4, 0.5) is 5.69 Å². The van der Waals surface area contributed by atoms with Crippen molar-refractivity contribution >= 4 is 11.7 Å². The summed E-state index contributed by atoms with van der Waals surface area (Å²) in [6, 6.07) is 18.2. The summed E-state index contributed by atoms with van der Waals surface area (Å²) >= 11 is 0. The summed E-state index contributed by atoms with van der Waals surface area (Å²) in [4.78, 5) is 13.6. The van der Waals surface area contributed by atoms with E-state index in [9.17, 15) is 9.90 Å². The molecule has 0 radical (unpaired) electrons. The van der Waals surface area contributed by atoms with Crippen molar-refractivity contribution in [2.45, 2.75) is 25.3 Å². The number of hydrogen-bond donors (Lipinski definition) is 1. The Morgan fingerprint density at radius 1 is 1.10 bits per heavy atom. The van der Waals surface area contributed by atoms with Gasteiger partial charge in [-0.15, -0.1) is 0 Å². The Bertz CT molecular complexity index is 624. The molecule has 1 N–H and O–H groups in total. The molecule has 3 heteroatoms. The molecule has 2 aromatic carbocycles. The van der Waals surface area contributed by atoms with Crippen LogP contribution in [0.2, 0.25) is 0 Å². The van der Waals surface area contributed by atoms with E-state index in [0.29, 0.717) is 0 Å². The Morgan fingerprint density at radius 3 is 2.57 bits per heavy atom. The molecule has 2 aromatic rings. The van der Waals surface area contributed by atoms with Gasteiger partial charge < -0.3 is 10.0 Å². The molecular weight excluding hydrogens is 262 g/mol. The number of carboxylic acids is 1. The Hall–Kier alpha value is -2.29. The van der Waals surface area contributed by atoms with Gasteiger partial charge in [0.15, 0.2) is 0 Å². The molecular formula is C18H19NO2. The topological polar surface area (TPSA) is 40.5 Å². The van der Waals surface area contributed by atoms with Crippen molar-refractivity contribution in [3.8, 4) is 0 Å². The number of aliphatic carboxylic acids is 1. The normalized spacial score (nSPS) is 15.3. The zero-order valence-corrected chi connectivity index (χ0v) is 11.9. The van der Waals surface area contributed by atoms with E-state index in [4.69, 9.17) is 0 Å². The van der Waals surface area contributed by atoms with Gasteiger partial charge in [0.05, 0.1) is 12.5 Å². The first-order valence-electron chi connectivity index (χ1n) is 7.37. The molecule has 0 aliphatic carbocycles. The molecule has 1 aliphatic heterocycles. The lowest BCUT2D eigenvalue weighted by molar-refractivity contribution is -0.137. The molecule has 108 valence electrons. The highest BCUT2D eigenvalue weighted by atomic mass is 16.4. The number of rotatable bonds is 4. The van der Waals surface area contributed by atoms with Gasteiger partial charge in [0.1, 0.15) is 0 Å². The van der Waals surface area contributed by atoms with E-state index in [-0.39, 0.29) is 12.5 Å². The average molecular weight is 281 g/mol. The van der Waals surface area contributed by atoms with Crippen molar-refractivity contribution in [1.29, 1.82) is 0 Å². The fraction of sp³-hybridized carbons (Fsp3) is 0.278. The van der Waals surface area contributed by atoms with Gasteiger partial charge in [-0.3, -0.25) is 4.79 Å². The van der Waals surface area contributed by atoms with Crippen LogP contribution in [0.3, 0.4) is 0 Å². The van der Waals surface area contributed by atoms with Crippen molar-refractivity contribution in [3.05, 3.63) is 65.7 Å². The Balaban J connectivity index is 2.00. The largest absolute Gasteiger partial charge is 0.481 e. The second-order valence-electron chi connectivity index (χ2n) is 5.45. The van der Waals surface area contributed by atoms with Crippen LogP contribution in [0.15, 0.2) is 54.6 Å². The summed E-state index contributed by atoms with van der Waals surface area (Å²) in [6.07, 6.45) is 2.26. The lowest BCUT2D eigenvalue weighted by Crippen LogP contribution is -2.34. The fourth-order valence-corrected chi connectivity index (χ4v) is 3.14. The minimum absolute atomic E-state index is 0.106. The lowest BCUT2D eigenvalue weighted by atomic mass is 9.95. The summed E-state index contributed by atoms with van der Waals surface area (Å²) in [6.45, 7) is 0.907. The van der Waals surface area contributed by atoms with Crippen LogP contribution in [-0.4, -0.2) is 17.6 Å². The van der Waals surface area contributed by atoms with Gasteiger partial charge in [0.2, 0.25) is 0 Å². The number of carbonyl (C=O) groups is 1. The predicted octanol–water partition coefficient (Wildman–Crippen LogP) is 3.66. The van der Waals surface area contributed by atoms with E-state index in [1.165, 1.54) is 11.3 Å². The summed E-state index contributed by atoms with van der Waals surface area (Å²) in [5.74, 6) is -0.757. The van der Waals surface area contributed by atoms with E-state index in [1.54, 1.807) is 0 Å². The van der Waals surface area contributed by atoms with Gasteiger partial charge in [0.25, 0.3) is 0 Å². The van der Waals surface area contributed by atoms with Crippen molar-refractivity contribution in [1.82, 2.24) is 0 Å². The van der Waals surface area contributed by atoms with Gasteiger partial charge in [0, 0.05) is 12.2 Å². The molecule has 1 atom stereocenters. The molecule has 3 nitrogen and oxygen atoms in total. The van der Waals surface area contributed by atoms with E-state index in [0.717, 1.165) is 24.9 Å². The van der Waals surface area contributed by atoms with Crippen LogP contribution in [-0.2, 0) is 11.2 Å². The molecule has 0 spiro atoms. The number of benzene rings is 2. The highest BCUT2D eigenvalue weighted by Crippen LogP contribution is 2.35. The van der Waals surface area contributed by atoms with Gasteiger partial charge in [-0.25, -0.2) is 0 Å². The number of carboxylic acid groups (broad SMARTS) is 1. The molecule has 0 fully saturated rings. The van der Waals surface area contributed by atoms with Crippen LogP contribution in [0.5, 0.6) is 0 Å². The van der Waals surface area contributed by atoms with Crippen LogP contribution in [0.1, 0.15) is 30.0 Å². The highest BCUT2D eigenvalue weighted by molar-refractivity contribution is 5.70. The molecule has 1 heterocycles. The predicted molar refractivity (Wildman–Crippen MR) is 83.5 cm³/mol. The summed E-state index contributed by atoms with van der Waals surface area (Å²) in [7, 11) is 0. The molecule has 0 bridgehead atoms. The molecule has 3 rings (SSSR count). The molecule has 1 aliphatic rings. The third-order valence-electron chi connectivity index (χ3n) is 4.07. The van der Waals surface area contributed by atoms with Crippen molar-refractivity contribution in [3.63, 3.8) is 0 Å². The SMILES string of the molecule is O=C(O)CC(c1ccccc1)N1CCCc2ccccc21. The van der Waals surface area contributed by atoms with E-state index < -0.39 is 5.97 Å².